The van der Waals surface area contributed by atoms with E-state index in [1.54, 1.807) is 0 Å². The molecule has 0 fully saturated rings. The number of fused-ring (bicyclic) bond motifs is 20. The molecule has 16 aromatic carbocycles. The number of nitrogens with zero attached hydrogens (tertiary/aromatic N) is 9. The summed E-state index contributed by atoms with van der Waals surface area (Å²) in [6.07, 6.45) is 5.70. The molecule has 0 atom stereocenters. The van der Waals surface area contributed by atoms with Crippen molar-refractivity contribution in [1.82, 2.24) is 43.6 Å². The number of hydrogen-bond donors (Lipinski definition) is 0. The van der Waals surface area contributed by atoms with E-state index in [1.807, 2.05) is 97.5 Å². The summed E-state index contributed by atoms with van der Waals surface area (Å²) in [4.78, 5) is 30.6. The van der Waals surface area contributed by atoms with Gasteiger partial charge in [0.15, 0.2) is 0 Å². The van der Waals surface area contributed by atoms with E-state index in [4.69, 9.17) is 43.2 Å². The molecule has 0 bridgehead atoms. The van der Waals surface area contributed by atoms with Crippen LogP contribution in [0, 0.1) is 0 Å². The molecule has 28 aromatic rings. The highest BCUT2D eigenvalue weighted by Crippen LogP contribution is 2.45. The molecular weight excluding hydrogens is 1660 g/mol. The van der Waals surface area contributed by atoms with Gasteiger partial charge in [-0.3, -0.25) is 18.7 Å². The lowest BCUT2D eigenvalue weighted by molar-refractivity contribution is 0.668. The number of para-hydroxylation sites is 3. The Bertz CT molecular complexity index is 9030. The average Bonchev–Trinajstić information content (AvgIpc) is 1.57. The van der Waals surface area contributed by atoms with Crippen LogP contribution in [0.2, 0.25) is 0 Å². The predicted octanol–water partition coefficient (Wildman–Crippen LogP) is 32.6. The van der Waals surface area contributed by atoms with Gasteiger partial charge in [0.05, 0.1) is 44.7 Å². The molecule has 0 aliphatic rings. The Hall–Kier alpha value is -18.5. The van der Waals surface area contributed by atoms with Crippen LogP contribution in [-0.2, 0) is 0 Å². The fraction of sp³-hybridized carbons (Fsp3) is 0. The summed E-state index contributed by atoms with van der Waals surface area (Å²) in [7, 11) is 0. The van der Waals surface area contributed by atoms with Crippen LogP contribution in [0.25, 0.3) is 260 Å². The van der Waals surface area contributed by atoms with Gasteiger partial charge in [-0.05, 0) is 224 Å². The predicted molar refractivity (Wildman–Crippen MR) is 557 cm³/mol. The number of furan rings is 3. The van der Waals surface area contributed by atoms with Gasteiger partial charge in [0.2, 0.25) is 0 Å². The van der Waals surface area contributed by atoms with Crippen LogP contribution in [0.4, 0.5) is 0 Å². The lowest BCUT2D eigenvalue weighted by Crippen LogP contribution is -2.01. The van der Waals surface area contributed by atoms with Crippen LogP contribution >= 0.6 is 0 Å². The number of hydrogen-bond acceptors (Lipinski definition) is 9. The third-order valence-corrected chi connectivity index (χ3v) is 26.3. The largest absolute Gasteiger partial charge is 0.456 e. The SMILES string of the molecule is c1ccc(-c2cc(-c3ccccc3)nc(-n3c4ccc(-c5ccc6oc7ccccc7c6c5)cc4c4c5ccccc5cnc43)c2)cc1.c1ccc(-c2cc(-c3ccccc3)nc(-n3c4ccc(-c5ccc6oc7ccccc7c6c5)cc4c4cccnc43)c2)cc1.c1ccc(-c2cc(-c3ccccc3)nc(-n3c4ccc(-c5ccc6oc7ccccc7c6c5)cc4c4ncccc43)c2)cc1. The van der Waals surface area contributed by atoms with E-state index in [0.29, 0.717) is 0 Å². The van der Waals surface area contributed by atoms with Gasteiger partial charge in [0.1, 0.15) is 62.2 Å². The van der Waals surface area contributed by atoms with Crippen LogP contribution in [0.3, 0.4) is 0 Å². The van der Waals surface area contributed by atoms with Gasteiger partial charge in [0, 0.05) is 99.9 Å². The van der Waals surface area contributed by atoms with Gasteiger partial charge in [-0.2, -0.15) is 0 Å². The zero-order valence-electron chi connectivity index (χ0n) is 73.2. The van der Waals surface area contributed by atoms with E-state index in [1.165, 1.54) is 5.39 Å². The van der Waals surface area contributed by atoms with Crippen LogP contribution < -0.4 is 0 Å². The van der Waals surface area contributed by atoms with Crippen molar-refractivity contribution in [2.75, 3.05) is 0 Å². The summed E-state index contributed by atoms with van der Waals surface area (Å²) in [5, 5.41) is 14.6. The maximum atomic E-state index is 6.14. The molecule has 136 heavy (non-hydrogen) atoms. The van der Waals surface area contributed by atoms with Gasteiger partial charge in [-0.1, -0.05) is 297 Å². The van der Waals surface area contributed by atoms with E-state index in [2.05, 4.69) is 384 Å². The van der Waals surface area contributed by atoms with Crippen LogP contribution in [-0.4, -0.2) is 43.6 Å². The zero-order valence-corrected chi connectivity index (χ0v) is 73.2. The highest BCUT2D eigenvalue weighted by molar-refractivity contribution is 6.21. The molecule has 0 radical (unpaired) electrons. The Kier molecular flexibility index (Phi) is 19.0. The summed E-state index contributed by atoms with van der Waals surface area (Å²) >= 11 is 0. The number of rotatable bonds is 12. The Labute approximate surface area is 779 Å². The molecule has 28 rings (SSSR count). The summed E-state index contributed by atoms with van der Waals surface area (Å²) in [6, 6.07) is 157. The molecule has 636 valence electrons. The van der Waals surface area contributed by atoms with Crippen molar-refractivity contribution < 1.29 is 13.3 Å². The van der Waals surface area contributed by atoms with Crippen molar-refractivity contribution in [2.45, 2.75) is 0 Å². The molecule has 0 saturated carbocycles. The molecule has 0 spiro atoms. The van der Waals surface area contributed by atoms with Crippen LogP contribution in [0.5, 0.6) is 0 Å². The average molecular weight is 1740 g/mol. The van der Waals surface area contributed by atoms with Gasteiger partial charge in [0.25, 0.3) is 0 Å². The van der Waals surface area contributed by atoms with Crippen molar-refractivity contribution in [1.29, 1.82) is 0 Å². The van der Waals surface area contributed by atoms with E-state index < -0.39 is 0 Å². The second-order valence-corrected chi connectivity index (χ2v) is 34.4. The molecule has 0 aliphatic carbocycles. The standard InChI is InChI=1S/C44H27N3O.2C40H25N3O/c1-3-11-28(12-4-1)33-25-38(29-13-5-2-6-14-29)46-42(26-33)47-39-21-19-30(24-37(39)43-34-16-8-7-15-32(34)27-45-44(43)47)31-20-22-41-36(23-31)35-17-9-10-18-40(35)48-41;1-3-10-26(11-4-1)30-24-34(27-12-5-2-6-13-27)42-39(25-30)43-35-19-17-28(23-33(35)40-36(43)15-9-21-41-40)29-18-20-38-32(22-29)31-14-7-8-16-37(31)44-38;1-3-10-26(11-4-1)30-24-35(27-12-5-2-6-13-27)42-39(25-30)43-36-19-17-28(22-33(36)32-15-9-21-41-40(32)43)29-18-20-38-34(23-29)31-14-7-8-16-37(31)44-38/h1-27H;2*1-25H. The van der Waals surface area contributed by atoms with Gasteiger partial charge in [-0.25, -0.2) is 24.9 Å². The lowest BCUT2D eigenvalue weighted by Gasteiger charge is -2.13. The summed E-state index contributed by atoms with van der Waals surface area (Å²) in [5.41, 5.74) is 31.9. The first kappa shape index (κ1) is 78.5. The van der Waals surface area contributed by atoms with Gasteiger partial charge < -0.3 is 13.3 Å². The Balaban J connectivity index is 0.000000106. The number of benzene rings is 16. The monoisotopic (exact) mass is 1740 g/mol. The second-order valence-electron chi connectivity index (χ2n) is 34.4. The maximum Gasteiger partial charge on any atom is 0.147 e. The van der Waals surface area contributed by atoms with Crippen molar-refractivity contribution in [3.8, 4) is 118 Å². The lowest BCUT2D eigenvalue weighted by atomic mass is 10.00. The minimum Gasteiger partial charge on any atom is -0.456 e. The topological polar surface area (TPSA) is 132 Å². The highest BCUT2D eigenvalue weighted by atomic mass is 16.3. The summed E-state index contributed by atoms with van der Waals surface area (Å²) in [6.45, 7) is 0. The fourth-order valence-electron chi connectivity index (χ4n) is 19.8. The molecule has 12 heteroatoms. The molecule has 12 heterocycles. The van der Waals surface area contributed by atoms with Crippen molar-refractivity contribution in [3.63, 3.8) is 0 Å². The van der Waals surface area contributed by atoms with E-state index >= 15 is 0 Å². The smallest absolute Gasteiger partial charge is 0.147 e. The Morgan fingerprint density at radius 1 is 0.176 bits per heavy atom. The second kappa shape index (κ2) is 32.8. The molecule has 0 saturated heterocycles. The minimum absolute atomic E-state index is 0.831. The first-order chi connectivity index (χ1) is 67.4. The first-order valence-electron chi connectivity index (χ1n) is 45.6. The van der Waals surface area contributed by atoms with E-state index in [-0.39, 0.29) is 0 Å². The highest BCUT2D eigenvalue weighted by Gasteiger charge is 2.25. The molecule has 0 amide bonds. The zero-order chi connectivity index (χ0) is 89.7. The maximum absolute atomic E-state index is 6.14. The summed E-state index contributed by atoms with van der Waals surface area (Å²) in [5.74, 6) is 2.53. The molecule has 0 aliphatic heterocycles. The molecular formula is C124H77N9O3. The quantitative estimate of drug-likeness (QED) is 0.117. The van der Waals surface area contributed by atoms with Crippen LogP contribution in [0.15, 0.2) is 481 Å². The first-order valence-corrected chi connectivity index (χ1v) is 45.6. The van der Waals surface area contributed by atoms with Crippen LogP contribution in [0.1, 0.15) is 0 Å². The van der Waals surface area contributed by atoms with Crippen molar-refractivity contribution >= 4 is 142 Å². The molecule has 0 N–H and O–H groups in total. The molecule has 0 unspecified atom stereocenters. The molecule has 12 nitrogen and oxygen atoms in total. The fourth-order valence-corrected chi connectivity index (χ4v) is 19.8. The third-order valence-electron chi connectivity index (χ3n) is 26.3. The van der Waals surface area contributed by atoms with Crippen molar-refractivity contribution in [2.24, 2.45) is 0 Å². The van der Waals surface area contributed by atoms with Gasteiger partial charge in [-0.15, -0.1) is 0 Å². The molecule has 12 aromatic heterocycles. The Morgan fingerprint density at radius 2 is 0.500 bits per heavy atom. The number of aromatic nitrogens is 9. The van der Waals surface area contributed by atoms with Crippen molar-refractivity contribution in [3.05, 3.63) is 468 Å². The third kappa shape index (κ3) is 13.9. The number of pyridine rings is 6. The van der Waals surface area contributed by atoms with Gasteiger partial charge >= 0.3 is 0 Å². The van der Waals surface area contributed by atoms with E-state index in [9.17, 15) is 0 Å². The normalized spacial score (nSPS) is 11.7. The summed E-state index contributed by atoms with van der Waals surface area (Å²) < 4.78 is 25.0. The Morgan fingerprint density at radius 3 is 0.949 bits per heavy atom. The van der Waals surface area contributed by atoms with E-state index in [0.717, 1.165) is 255 Å². The minimum atomic E-state index is 0.831.